The molecular formula is C8H5F6IN2O. The van der Waals surface area contributed by atoms with Crippen LogP contribution in [0, 0.1) is 3.57 Å². The highest BCUT2D eigenvalue weighted by Gasteiger charge is 2.42. The number of alkyl halides is 6. The third-order valence-corrected chi connectivity index (χ3v) is 2.53. The first kappa shape index (κ1) is 15.3. The molecule has 0 aromatic carbocycles. The third-order valence-electron chi connectivity index (χ3n) is 1.76. The Balaban J connectivity index is 3.46. The molecule has 1 heterocycles. The summed E-state index contributed by atoms with van der Waals surface area (Å²) in [7, 11) is 0. The molecular weight excluding hydrogens is 381 g/mol. The Morgan fingerprint density at radius 2 is 1.78 bits per heavy atom. The zero-order valence-corrected chi connectivity index (χ0v) is 10.5. The zero-order chi connectivity index (χ0) is 14.1. The normalized spacial score (nSPS) is 12.7. The minimum atomic E-state index is -5.23. The van der Waals surface area contributed by atoms with E-state index in [0.29, 0.717) is 0 Å². The maximum absolute atomic E-state index is 12.7. The van der Waals surface area contributed by atoms with Gasteiger partial charge in [0.25, 0.3) is 0 Å². The summed E-state index contributed by atoms with van der Waals surface area (Å²) in [5.74, 6) is -1.33. The number of aromatic nitrogens is 1. The number of hydrogen-bond acceptors (Lipinski definition) is 3. The Morgan fingerprint density at radius 3 is 2.17 bits per heavy atom. The first-order chi connectivity index (χ1) is 8.06. The monoisotopic (exact) mass is 386 g/mol. The van der Waals surface area contributed by atoms with Crippen LogP contribution in [0.15, 0.2) is 6.20 Å². The van der Waals surface area contributed by atoms with Gasteiger partial charge in [-0.25, -0.2) is 0 Å². The maximum atomic E-state index is 12.7. The maximum Gasteiger partial charge on any atom is 0.573 e. The van der Waals surface area contributed by atoms with Crippen LogP contribution in [0.3, 0.4) is 0 Å². The number of halogens is 7. The first-order valence-electron chi connectivity index (χ1n) is 4.26. The molecule has 0 spiro atoms. The van der Waals surface area contributed by atoms with Crippen molar-refractivity contribution in [3.63, 3.8) is 0 Å². The van der Waals surface area contributed by atoms with E-state index in [0.717, 1.165) is 6.20 Å². The van der Waals surface area contributed by atoms with Gasteiger partial charge in [-0.3, -0.25) is 4.98 Å². The molecule has 0 aliphatic rings. The van der Waals surface area contributed by atoms with E-state index in [1.165, 1.54) is 22.6 Å². The molecule has 0 radical (unpaired) electrons. The molecule has 0 saturated carbocycles. The van der Waals surface area contributed by atoms with Crippen molar-refractivity contribution in [2.24, 2.45) is 5.73 Å². The number of nitrogens with two attached hydrogens (primary N) is 1. The van der Waals surface area contributed by atoms with Gasteiger partial charge in [0.1, 0.15) is 5.56 Å². The molecule has 1 rings (SSSR count). The van der Waals surface area contributed by atoms with Crippen LogP contribution >= 0.6 is 22.6 Å². The van der Waals surface area contributed by atoms with E-state index in [-0.39, 0.29) is 0 Å². The molecule has 0 aliphatic heterocycles. The second-order valence-electron chi connectivity index (χ2n) is 3.01. The summed E-state index contributed by atoms with van der Waals surface area (Å²) in [5.41, 5.74) is 2.72. The van der Waals surface area contributed by atoms with E-state index < -0.39 is 39.7 Å². The Morgan fingerprint density at radius 1 is 1.22 bits per heavy atom. The highest BCUT2D eigenvalue weighted by atomic mass is 127. The molecule has 0 atom stereocenters. The Bertz CT molecular complexity index is 444. The molecule has 102 valence electrons. The molecule has 0 aliphatic carbocycles. The lowest BCUT2D eigenvalue weighted by atomic mass is 10.1. The van der Waals surface area contributed by atoms with E-state index in [2.05, 4.69) is 9.72 Å². The molecule has 1 aromatic heterocycles. The van der Waals surface area contributed by atoms with Gasteiger partial charge in [0.05, 0.1) is 9.26 Å². The number of rotatable bonds is 2. The summed E-state index contributed by atoms with van der Waals surface area (Å²) in [4.78, 5) is 3.35. The van der Waals surface area contributed by atoms with Crippen molar-refractivity contribution in [3.05, 3.63) is 21.0 Å². The van der Waals surface area contributed by atoms with Crippen LogP contribution in [0.2, 0.25) is 0 Å². The topological polar surface area (TPSA) is 48.1 Å². The average Bonchev–Trinajstić information content (AvgIpc) is 2.17. The van der Waals surface area contributed by atoms with Crippen molar-refractivity contribution in [3.8, 4) is 5.75 Å². The average molecular weight is 386 g/mol. The van der Waals surface area contributed by atoms with E-state index in [9.17, 15) is 26.3 Å². The van der Waals surface area contributed by atoms with Gasteiger partial charge >= 0.3 is 12.5 Å². The minimum Gasteiger partial charge on any atom is -0.404 e. The lowest BCUT2D eigenvalue weighted by Gasteiger charge is -2.18. The number of pyridine rings is 1. The standard InChI is InChI=1S/C8H5F6IN2O/c9-7(10,11)5-4(1-16)17-2-3(15)6(5)18-8(12,13)14/h2H,1,16H2. The van der Waals surface area contributed by atoms with E-state index >= 15 is 0 Å². The largest absolute Gasteiger partial charge is 0.573 e. The van der Waals surface area contributed by atoms with Crippen molar-refractivity contribution >= 4 is 22.6 Å². The molecule has 10 heteroatoms. The van der Waals surface area contributed by atoms with Gasteiger partial charge < -0.3 is 10.5 Å². The molecule has 3 nitrogen and oxygen atoms in total. The molecule has 2 N–H and O–H groups in total. The van der Waals surface area contributed by atoms with Crippen LogP contribution in [0.5, 0.6) is 5.75 Å². The van der Waals surface area contributed by atoms with Gasteiger partial charge in [0.2, 0.25) is 0 Å². The molecule has 0 saturated heterocycles. The van der Waals surface area contributed by atoms with Gasteiger partial charge in [-0.05, 0) is 22.6 Å². The summed E-state index contributed by atoms with van der Waals surface area (Å²) in [6.45, 7) is -0.653. The van der Waals surface area contributed by atoms with Crippen LogP contribution in [0.4, 0.5) is 26.3 Å². The van der Waals surface area contributed by atoms with Crippen molar-refractivity contribution in [1.29, 1.82) is 0 Å². The number of ether oxygens (including phenoxy) is 1. The minimum absolute atomic E-state index is 0.408. The Hall–Kier alpha value is -0.780. The van der Waals surface area contributed by atoms with Crippen LogP contribution in [0.25, 0.3) is 0 Å². The summed E-state index contributed by atoms with van der Waals surface area (Å²) < 4.78 is 77.4. The van der Waals surface area contributed by atoms with Gasteiger partial charge in [0, 0.05) is 12.7 Å². The smallest absolute Gasteiger partial charge is 0.404 e. The van der Waals surface area contributed by atoms with Crippen LogP contribution in [-0.2, 0) is 12.7 Å². The predicted molar refractivity (Wildman–Crippen MR) is 56.5 cm³/mol. The molecule has 18 heavy (non-hydrogen) atoms. The fraction of sp³-hybridized carbons (Fsp3) is 0.375. The van der Waals surface area contributed by atoms with Gasteiger partial charge in [0.15, 0.2) is 5.75 Å². The lowest BCUT2D eigenvalue weighted by molar-refractivity contribution is -0.276. The molecule has 0 bridgehead atoms. The fourth-order valence-corrected chi connectivity index (χ4v) is 1.69. The highest BCUT2D eigenvalue weighted by molar-refractivity contribution is 14.1. The molecule has 0 amide bonds. The van der Waals surface area contributed by atoms with Gasteiger partial charge in [-0.15, -0.1) is 13.2 Å². The fourth-order valence-electron chi connectivity index (χ4n) is 1.17. The lowest BCUT2D eigenvalue weighted by Crippen LogP contribution is -2.23. The van der Waals surface area contributed by atoms with Crippen LogP contribution in [0.1, 0.15) is 11.3 Å². The Labute approximate surface area is 110 Å². The third kappa shape index (κ3) is 3.60. The van der Waals surface area contributed by atoms with Crippen molar-refractivity contribution < 1.29 is 31.1 Å². The summed E-state index contributed by atoms with van der Waals surface area (Å²) in [6.07, 6.45) is -9.43. The van der Waals surface area contributed by atoms with Crippen LogP contribution < -0.4 is 10.5 Å². The first-order valence-corrected chi connectivity index (χ1v) is 5.34. The molecule has 0 fully saturated rings. The summed E-state index contributed by atoms with van der Waals surface area (Å²) in [6, 6.07) is 0. The molecule has 1 aromatic rings. The van der Waals surface area contributed by atoms with E-state index in [4.69, 9.17) is 5.73 Å². The molecule has 0 unspecified atom stereocenters. The van der Waals surface area contributed by atoms with Gasteiger partial charge in [-0.2, -0.15) is 13.2 Å². The Kier molecular flexibility index (Phi) is 4.30. The second-order valence-corrected chi connectivity index (χ2v) is 4.17. The zero-order valence-electron chi connectivity index (χ0n) is 8.36. The van der Waals surface area contributed by atoms with Gasteiger partial charge in [-0.1, -0.05) is 0 Å². The summed E-state index contributed by atoms with van der Waals surface area (Å²) in [5, 5.41) is 0. The van der Waals surface area contributed by atoms with Crippen molar-refractivity contribution in [2.45, 2.75) is 19.1 Å². The summed E-state index contributed by atoms with van der Waals surface area (Å²) >= 11 is 1.27. The SMILES string of the molecule is NCc1ncc(I)c(OC(F)(F)F)c1C(F)(F)F. The number of hydrogen-bond donors (Lipinski definition) is 1. The quantitative estimate of drug-likeness (QED) is 0.628. The van der Waals surface area contributed by atoms with E-state index in [1.807, 2.05) is 0 Å². The van der Waals surface area contributed by atoms with Crippen molar-refractivity contribution in [1.82, 2.24) is 4.98 Å². The second kappa shape index (κ2) is 5.07. The van der Waals surface area contributed by atoms with Crippen molar-refractivity contribution in [2.75, 3.05) is 0 Å². The van der Waals surface area contributed by atoms with Crippen LogP contribution in [-0.4, -0.2) is 11.3 Å². The number of nitrogens with zero attached hydrogens (tertiary/aromatic N) is 1. The highest BCUT2D eigenvalue weighted by Crippen LogP contribution is 2.42. The van der Waals surface area contributed by atoms with E-state index in [1.54, 1.807) is 0 Å². The predicted octanol–water partition coefficient (Wildman–Crippen LogP) is 3.06.